The summed E-state index contributed by atoms with van der Waals surface area (Å²) in [6.45, 7) is 4.72. The third kappa shape index (κ3) is 2.71. The molecule has 1 N–H and O–H groups in total. The molecule has 2 heterocycles. The Balaban J connectivity index is 1.83. The highest BCUT2D eigenvalue weighted by atomic mass is 16.5. The lowest BCUT2D eigenvalue weighted by Crippen LogP contribution is -2.41. The summed E-state index contributed by atoms with van der Waals surface area (Å²) in [5, 5.41) is 3.62. The lowest BCUT2D eigenvalue weighted by molar-refractivity contribution is 0.298. The van der Waals surface area contributed by atoms with Crippen molar-refractivity contribution in [3.05, 3.63) is 42.9 Å². The molecule has 3 rings (SSSR count). The minimum absolute atomic E-state index is 0.543. The van der Waals surface area contributed by atoms with Crippen LogP contribution >= 0.6 is 0 Å². The molecule has 19 heavy (non-hydrogen) atoms. The molecule has 0 aromatic carbocycles. The molecule has 1 aromatic heterocycles. The third-order valence-corrected chi connectivity index (χ3v) is 4.11. The average molecular weight is 256 g/mol. The fourth-order valence-corrected chi connectivity index (χ4v) is 3.13. The Labute approximate surface area is 114 Å². The van der Waals surface area contributed by atoms with E-state index in [0.717, 1.165) is 24.6 Å². The number of hydrogen-bond acceptors (Lipinski definition) is 3. The van der Waals surface area contributed by atoms with Crippen LogP contribution in [0.25, 0.3) is 5.57 Å². The number of ether oxygens (including phenoxy) is 1. The fraction of sp³-hybridized carbons (Fsp3) is 0.438. The maximum absolute atomic E-state index is 5.30. The minimum Gasteiger partial charge on any atom is -0.464 e. The van der Waals surface area contributed by atoms with Gasteiger partial charge in [0.25, 0.3) is 0 Å². The van der Waals surface area contributed by atoms with Crippen LogP contribution in [0.15, 0.2) is 37.4 Å². The van der Waals surface area contributed by atoms with Crippen molar-refractivity contribution in [1.29, 1.82) is 0 Å². The monoisotopic (exact) mass is 256 g/mol. The second kappa shape index (κ2) is 5.57. The van der Waals surface area contributed by atoms with E-state index in [1.807, 2.05) is 12.3 Å². The number of aromatic nitrogens is 1. The van der Waals surface area contributed by atoms with Gasteiger partial charge < -0.3 is 10.1 Å². The number of nitrogens with zero attached hydrogens (tertiary/aromatic N) is 1. The van der Waals surface area contributed by atoms with Gasteiger partial charge in [-0.2, -0.15) is 0 Å². The molecular weight excluding hydrogens is 236 g/mol. The molecule has 0 unspecified atom stereocenters. The molecule has 1 aliphatic carbocycles. The average Bonchev–Trinajstić information content (AvgIpc) is 2.47. The van der Waals surface area contributed by atoms with E-state index >= 15 is 0 Å². The van der Waals surface area contributed by atoms with E-state index in [0.29, 0.717) is 6.04 Å². The Kier molecular flexibility index (Phi) is 3.65. The smallest absolute Gasteiger partial charge is 0.145 e. The number of hydrogen-bond donors (Lipinski definition) is 1. The van der Waals surface area contributed by atoms with Gasteiger partial charge in [0.15, 0.2) is 0 Å². The number of piperidine rings is 1. The molecule has 0 saturated carbocycles. The Morgan fingerprint density at radius 1 is 1.37 bits per heavy atom. The van der Waals surface area contributed by atoms with E-state index in [4.69, 9.17) is 4.74 Å². The molecule has 1 fully saturated rings. The van der Waals surface area contributed by atoms with Crippen molar-refractivity contribution < 1.29 is 4.74 Å². The van der Waals surface area contributed by atoms with Crippen molar-refractivity contribution in [2.45, 2.75) is 31.7 Å². The molecule has 2 aliphatic rings. The van der Waals surface area contributed by atoms with Crippen LogP contribution in [0.5, 0.6) is 5.75 Å². The van der Waals surface area contributed by atoms with Crippen molar-refractivity contribution in [2.75, 3.05) is 6.54 Å². The highest BCUT2D eigenvalue weighted by Crippen LogP contribution is 2.34. The lowest BCUT2D eigenvalue weighted by Gasteiger charge is -2.35. The van der Waals surface area contributed by atoms with Crippen LogP contribution in [-0.2, 0) is 0 Å². The van der Waals surface area contributed by atoms with Crippen molar-refractivity contribution in [2.24, 2.45) is 5.92 Å². The van der Waals surface area contributed by atoms with E-state index in [-0.39, 0.29) is 0 Å². The van der Waals surface area contributed by atoms with Crippen LogP contribution in [0.4, 0.5) is 0 Å². The number of fused-ring (bicyclic) bond motifs is 1. The summed E-state index contributed by atoms with van der Waals surface area (Å²) in [7, 11) is 0. The quantitative estimate of drug-likeness (QED) is 0.844. The summed E-state index contributed by atoms with van der Waals surface area (Å²) in [5.41, 5.74) is 2.56. The first-order valence-corrected chi connectivity index (χ1v) is 7.04. The van der Waals surface area contributed by atoms with Crippen LogP contribution in [0.1, 0.15) is 31.2 Å². The Hall–Kier alpha value is -1.61. The zero-order valence-electron chi connectivity index (χ0n) is 11.1. The summed E-state index contributed by atoms with van der Waals surface area (Å²) < 4.78 is 5.30. The molecule has 1 aromatic rings. The van der Waals surface area contributed by atoms with Gasteiger partial charge in [-0.25, -0.2) is 0 Å². The van der Waals surface area contributed by atoms with Gasteiger partial charge in [0.1, 0.15) is 5.75 Å². The van der Waals surface area contributed by atoms with E-state index in [1.54, 1.807) is 6.20 Å². The number of pyridine rings is 1. The van der Waals surface area contributed by atoms with Crippen molar-refractivity contribution >= 4 is 5.57 Å². The fourth-order valence-electron chi connectivity index (χ4n) is 3.13. The minimum atomic E-state index is 0.543. The summed E-state index contributed by atoms with van der Waals surface area (Å²) in [6, 6.07) is 2.59. The maximum Gasteiger partial charge on any atom is 0.145 e. The zero-order valence-corrected chi connectivity index (χ0v) is 11.1. The molecule has 1 saturated heterocycles. The summed E-state index contributed by atoms with van der Waals surface area (Å²) >= 11 is 0. The predicted octanol–water partition coefficient (Wildman–Crippen LogP) is 3.15. The van der Waals surface area contributed by atoms with Crippen LogP contribution in [-0.4, -0.2) is 17.6 Å². The third-order valence-electron chi connectivity index (χ3n) is 4.11. The summed E-state index contributed by atoms with van der Waals surface area (Å²) in [6.07, 6.45) is 12.6. The number of nitrogens with one attached hydrogen (secondary N) is 1. The van der Waals surface area contributed by atoms with E-state index in [9.17, 15) is 0 Å². The molecule has 0 radical (unpaired) electrons. The predicted molar refractivity (Wildman–Crippen MR) is 76.8 cm³/mol. The van der Waals surface area contributed by atoms with Crippen LogP contribution in [0.2, 0.25) is 0 Å². The lowest BCUT2D eigenvalue weighted by atomic mass is 9.79. The maximum atomic E-state index is 5.30. The molecule has 1 aliphatic heterocycles. The van der Waals surface area contributed by atoms with E-state index in [2.05, 4.69) is 23.0 Å². The summed E-state index contributed by atoms with van der Waals surface area (Å²) in [5.74, 6) is 1.57. The first-order chi connectivity index (χ1) is 9.36. The van der Waals surface area contributed by atoms with Crippen molar-refractivity contribution in [1.82, 2.24) is 10.3 Å². The molecule has 0 amide bonds. The molecule has 3 nitrogen and oxygen atoms in total. The SMILES string of the molecule is C=COc1cncc(C2=C[C@@H]3NCCC[C@@H]3CC2)c1. The van der Waals surface area contributed by atoms with E-state index < -0.39 is 0 Å². The Morgan fingerprint density at radius 3 is 3.21 bits per heavy atom. The van der Waals surface area contributed by atoms with Crippen LogP contribution in [0, 0.1) is 5.92 Å². The molecule has 0 spiro atoms. The number of rotatable bonds is 3. The van der Waals surface area contributed by atoms with Gasteiger partial charge in [0, 0.05) is 12.2 Å². The summed E-state index contributed by atoms with van der Waals surface area (Å²) in [4.78, 5) is 4.25. The van der Waals surface area contributed by atoms with Gasteiger partial charge in [0.2, 0.25) is 0 Å². The standard InChI is InChI=1S/C16H20N2O/c1-2-19-15-8-14(10-17-11-15)13-6-5-12-4-3-7-18-16(12)9-13/h2,8-12,16,18H,1,3-7H2/t12-,16+/m1/s1. The van der Waals surface area contributed by atoms with Gasteiger partial charge in [-0.05, 0) is 55.3 Å². The normalized spacial score (nSPS) is 26.2. The van der Waals surface area contributed by atoms with Crippen molar-refractivity contribution in [3.63, 3.8) is 0 Å². The largest absolute Gasteiger partial charge is 0.464 e. The van der Waals surface area contributed by atoms with Crippen LogP contribution < -0.4 is 10.1 Å². The highest BCUT2D eigenvalue weighted by Gasteiger charge is 2.27. The first kappa shape index (κ1) is 12.4. The molecule has 3 heteroatoms. The molecule has 2 atom stereocenters. The van der Waals surface area contributed by atoms with Crippen molar-refractivity contribution in [3.8, 4) is 5.75 Å². The molecular formula is C16H20N2O. The van der Waals surface area contributed by atoms with Gasteiger partial charge in [-0.1, -0.05) is 12.7 Å². The zero-order chi connectivity index (χ0) is 13.1. The molecule has 100 valence electrons. The number of allylic oxidation sites excluding steroid dienone is 1. The van der Waals surface area contributed by atoms with Gasteiger partial charge in [-0.3, -0.25) is 4.98 Å². The van der Waals surface area contributed by atoms with Gasteiger partial charge in [0.05, 0.1) is 12.5 Å². The van der Waals surface area contributed by atoms with E-state index in [1.165, 1.54) is 36.7 Å². The Morgan fingerprint density at radius 2 is 2.32 bits per heavy atom. The second-order valence-corrected chi connectivity index (χ2v) is 5.31. The first-order valence-electron chi connectivity index (χ1n) is 7.04. The topological polar surface area (TPSA) is 34.1 Å². The van der Waals surface area contributed by atoms with Gasteiger partial charge in [-0.15, -0.1) is 0 Å². The van der Waals surface area contributed by atoms with Gasteiger partial charge >= 0.3 is 0 Å². The second-order valence-electron chi connectivity index (χ2n) is 5.31. The Bertz CT molecular complexity index is 495. The molecule has 0 bridgehead atoms. The van der Waals surface area contributed by atoms with Crippen LogP contribution in [0.3, 0.4) is 0 Å². The highest BCUT2D eigenvalue weighted by molar-refractivity contribution is 5.67.